The monoisotopic (exact) mass is 293 g/mol. The number of ether oxygens (including phenoxy) is 1. The van der Waals surface area contributed by atoms with Gasteiger partial charge in [-0.05, 0) is 12.1 Å². The summed E-state index contributed by atoms with van der Waals surface area (Å²) in [5, 5.41) is 2.73. The van der Waals surface area contributed by atoms with Crippen LogP contribution in [-0.4, -0.2) is 30.3 Å². The summed E-state index contributed by atoms with van der Waals surface area (Å²) < 4.78 is 5.31. The summed E-state index contributed by atoms with van der Waals surface area (Å²) >= 11 is 1.61. The number of amides is 1. The second kappa shape index (κ2) is 6.31. The van der Waals surface area contributed by atoms with Gasteiger partial charge < -0.3 is 10.1 Å². The number of nitrogens with one attached hydrogen (secondary N) is 1. The van der Waals surface area contributed by atoms with Gasteiger partial charge in [0.2, 0.25) is 0 Å². The Morgan fingerprint density at radius 1 is 1.40 bits per heavy atom. The van der Waals surface area contributed by atoms with Gasteiger partial charge >= 0.3 is 5.97 Å². The van der Waals surface area contributed by atoms with Crippen LogP contribution in [0, 0.1) is 5.41 Å². The molecule has 0 aliphatic carbocycles. The van der Waals surface area contributed by atoms with Crippen LogP contribution in [0.3, 0.4) is 0 Å². The van der Waals surface area contributed by atoms with Crippen molar-refractivity contribution in [3.05, 3.63) is 30.3 Å². The minimum atomic E-state index is -0.670. The molecule has 108 valence electrons. The van der Waals surface area contributed by atoms with E-state index in [1.54, 1.807) is 11.8 Å². The molecule has 4 nitrogen and oxygen atoms in total. The molecule has 0 saturated carbocycles. The van der Waals surface area contributed by atoms with Gasteiger partial charge in [0.25, 0.3) is 5.91 Å². The van der Waals surface area contributed by atoms with Crippen molar-refractivity contribution in [2.45, 2.75) is 31.3 Å². The van der Waals surface area contributed by atoms with Gasteiger partial charge in [0.05, 0.1) is 6.42 Å². The van der Waals surface area contributed by atoms with Crippen molar-refractivity contribution in [2.24, 2.45) is 5.41 Å². The number of esters is 1. The van der Waals surface area contributed by atoms with Crippen molar-refractivity contribution in [3.63, 3.8) is 0 Å². The van der Waals surface area contributed by atoms with E-state index in [1.165, 1.54) is 0 Å². The Morgan fingerprint density at radius 3 is 2.70 bits per heavy atom. The largest absolute Gasteiger partial charge is 0.452 e. The number of hydrogen-bond acceptors (Lipinski definition) is 4. The molecule has 1 aromatic rings. The summed E-state index contributed by atoms with van der Waals surface area (Å²) in [7, 11) is 0. The zero-order valence-electron chi connectivity index (χ0n) is 11.7. The molecule has 0 bridgehead atoms. The molecule has 0 radical (unpaired) electrons. The van der Waals surface area contributed by atoms with E-state index < -0.39 is 6.10 Å². The Morgan fingerprint density at radius 2 is 2.10 bits per heavy atom. The summed E-state index contributed by atoms with van der Waals surface area (Å²) in [6.07, 6.45) is -0.365. The summed E-state index contributed by atoms with van der Waals surface area (Å²) in [6.45, 7) is 4.38. The molecular weight excluding hydrogens is 274 g/mol. The van der Waals surface area contributed by atoms with Crippen LogP contribution < -0.4 is 5.32 Å². The molecule has 0 unspecified atom stereocenters. The maximum Gasteiger partial charge on any atom is 0.307 e. The van der Waals surface area contributed by atoms with Gasteiger partial charge in [-0.15, -0.1) is 11.8 Å². The number of carbonyl (C=O) groups is 2. The molecule has 2 rings (SSSR count). The maximum atomic E-state index is 11.8. The van der Waals surface area contributed by atoms with Crippen LogP contribution in [0.4, 0.5) is 0 Å². The van der Waals surface area contributed by atoms with Crippen LogP contribution >= 0.6 is 11.8 Å². The summed E-state index contributed by atoms with van der Waals surface area (Å²) in [4.78, 5) is 24.6. The molecule has 1 fully saturated rings. The topological polar surface area (TPSA) is 55.4 Å². The number of benzene rings is 1. The van der Waals surface area contributed by atoms with Crippen molar-refractivity contribution in [1.82, 2.24) is 5.32 Å². The number of hydrogen-bond donors (Lipinski definition) is 1. The molecule has 1 N–H and O–H groups in total. The normalized spacial score (nSPS) is 20.5. The fraction of sp³-hybridized carbons (Fsp3) is 0.467. The van der Waals surface area contributed by atoms with Gasteiger partial charge in [-0.1, -0.05) is 32.0 Å². The van der Waals surface area contributed by atoms with Crippen LogP contribution in [0.25, 0.3) is 0 Å². The number of carbonyl (C=O) groups excluding carboxylic acids is 2. The zero-order chi connectivity index (χ0) is 14.6. The fourth-order valence-corrected chi connectivity index (χ4v) is 2.88. The second-order valence-electron chi connectivity index (χ2n) is 5.49. The molecule has 1 aliphatic rings. The Labute approximate surface area is 123 Å². The average Bonchev–Trinajstić information content (AvgIpc) is 2.67. The lowest BCUT2D eigenvalue weighted by Crippen LogP contribution is -2.35. The molecule has 1 heterocycles. The summed E-state index contributed by atoms with van der Waals surface area (Å²) in [5.74, 6) is 0.139. The predicted molar refractivity (Wildman–Crippen MR) is 78.5 cm³/mol. The lowest BCUT2D eigenvalue weighted by molar-refractivity contribution is -0.158. The lowest BCUT2D eigenvalue weighted by atomic mass is 9.90. The smallest absolute Gasteiger partial charge is 0.307 e. The van der Waals surface area contributed by atoms with Crippen molar-refractivity contribution < 1.29 is 14.3 Å². The standard InChI is InChI=1S/C15H19NO3S/c1-15(2)10-16-14(18)13(15)19-12(17)8-9-20-11-6-4-3-5-7-11/h3-7,13H,8-10H2,1-2H3,(H,16,18)/t13-/m1/s1. The van der Waals surface area contributed by atoms with E-state index in [4.69, 9.17) is 4.74 Å². The predicted octanol–water partition coefficient (Wildman–Crippen LogP) is 2.24. The third-order valence-corrected chi connectivity index (χ3v) is 4.25. The molecule has 1 aliphatic heterocycles. The van der Waals surface area contributed by atoms with Gasteiger partial charge in [0.1, 0.15) is 0 Å². The molecule has 1 saturated heterocycles. The van der Waals surface area contributed by atoms with Gasteiger partial charge in [-0.2, -0.15) is 0 Å². The van der Waals surface area contributed by atoms with Gasteiger partial charge in [0, 0.05) is 22.6 Å². The first kappa shape index (κ1) is 14.9. The number of rotatable bonds is 5. The highest BCUT2D eigenvalue weighted by molar-refractivity contribution is 7.99. The molecule has 5 heteroatoms. The summed E-state index contributed by atoms with van der Waals surface area (Å²) in [6, 6.07) is 9.89. The SMILES string of the molecule is CC1(C)CNC(=O)[C@H]1OC(=O)CCSc1ccccc1. The molecule has 0 spiro atoms. The van der Waals surface area contributed by atoms with Gasteiger partial charge in [-0.3, -0.25) is 9.59 Å². The Balaban J connectivity index is 1.77. The molecule has 0 aromatic heterocycles. The van der Waals surface area contributed by atoms with E-state index in [9.17, 15) is 9.59 Å². The van der Waals surface area contributed by atoms with Crippen molar-refractivity contribution in [1.29, 1.82) is 0 Å². The minimum absolute atomic E-state index is 0.195. The fourth-order valence-electron chi connectivity index (χ4n) is 2.03. The highest BCUT2D eigenvalue weighted by atomic mass is 32.2. The molecule has 20 heavy (non-hydrogen) atoms. The Bertz CT molecular complexity index is 487. The highest BCUT2D eigenvalue weighted by Gasteiger charge is 2.44. The van der Waals surface area contributed by atoms with Crippen molar-refractivity contribution in [2.75, 3.05) is 12.3 Å². The van der Waals surface area contributed by atoms with Crippen LogP contribution in [0.1, 0.15) is 20.3 Å². The van der Waals surface area contributed by atoms with Crippen molar-refractivity contribution in [3.8, 4) is 0 Å². The van der Waals surface area contributed by atoms with Gasteiger partial charge in [-0.25, -0.2) is 0 Å². The van der Waals surface area contributed by atoms with E-state index in [-0.39, 0.29) is 17.3 Å². The number of thioether (sulfide) groups is 1. The Kier molecular flexibility index (Phi) is 4.70. The maximum absolute atomic E-state index is 11.8. The first-order chi connectivity index (χ1) is 9.49. The third kappa shape index (κ3) is 3.76. The van der Waals surface area contributed by atoms with E-state index in [0.717, 1.165) is 4.90 Å². The summed E-state index contributed by atoms with van der Waals surface area (Å²) in [5.41, 5.74) is -0.334. The molecular formula is C15H19NO3S. The van der Waals surface area contributed by atoms with Crippen molar-refractivity contribution >= 4 is 23.6 Å². The molecule has 1 aromatic carbocycles. The Hall–Kier alpha value is -1.49. The van der Waals surface area contributed by atoms with E-state index >= 15 is 0 Å². The van der Waals surface area contributed by atoms with Crippen LogP contribution in [0.2, 0.25) is 0 Å². The van der Waals surface area contributed by atoms with Crippen LogP contribution in [-0.2, 0) is 14.3 Å². The molecule has 1 atom stereocenters. The molecule has 1 amide bonds. The average molecular weight is 293 g/mol. The first-order valence-electron chi connectivity index (χ1n) is 6.64. The quantitative estimate of drug-likeness (QED) is 0.668. The third-order valence-electron chi connectivity index (χ3n) is 3.23. The first-order valence-corrected chi connectivity index (χ1v) is 7.63. The van der Waals surface area contributed by atoms with E-state index in [0.29, 0.717) is 18.7 Å². The second-order valence-corrected chi connectivity index (χ2v) is 6.66. The van der Waals surface area contributed by atoms with E-state index in [2.05, 4.69) is 5.32 Å². The minimum Gasteiger partial charge on any atom is -0.452 e. The highest BCUT2D eigenvalue weighted by Crippen LogP contribution is 2.28. The van der Waals surface area contributed by atoms with Crippen LogP contribution in [0.15, 0.2) is 35.2 Å². The van der Waals surface area contributed by atoms with Gasteiger partial charge in [0.15, 0.2) is 6.10 Å². The zero-order valence-corrected chi connectivity index (χ0v) is 12.5. The van der Waals surface area contributed by atoms with E-state index in [1.807, 2.05) is 44.2 Å². The van der Waals surface area contributed by atoms with Crippen LogP contribution in [0.5, 0.6) is 0 Å². The lowest BCUT2D eigenvalue weighted by Gasteiger charge is -2.23.